The predicted molar refractivity (Wildman–Crippen MR) is 66.4 cm³/mol. The van der Waals surface area contributed by atoms with Crippen LogP contribution in [0, 0.1) is 0 Å². The fourth-order valence-corrected chi connectivity index (χ4v) is 2.14. The summed E-state index contributed by atoms with van der Waals surface area (Å²) in [5.74, 6) is 0. The molecule has 2 rings (SSSR count). The lowest BCUT2D eigenvalue weighted by atomic mass is 9.95. The minimum Gasteiger partial charge on any atom is -0.364 e. The second kappa shape index (κ2) is 4.56. The van der Waals surface area contributed by atoms with Crippen LogP contribution in [0.4, 0.5) is 0 Å². The van der Waals surface area contributed by atoms with E-state index in [0.717, 1.165) is 13.0 Å². The van der Waals surface area contributed by atoms with E-state index in [-0.39, 0.29) is 11.7 Å². The molecule has 1 aromatic rings. The molecule has 16 heavy (non-hydrogen) atoms. The quantitative estimate of drug-likeness (QED) is 0.825. The summed E-state index contributed by atoms with van der Waals surface area (Å²) in [5, 5.41) is 3.55. The average Bonchev–Trinajstić information content (AvgIpc) is 2.34. The van der Waals surface area contributed by atoms with Gasteiger partial charge in [-0.05, 0) is 25.8 Å². The van der Waals surface area contributed by atoms with Gasteiger partial charge in [-0.3, -0.25) is 0 Å². The Morgan fingerprint density at radius 2 is 2.06 bits per heavy atom. The molecule has 3 atom stereocenters. The summed E-state index contributed by atoms with van der Waals surface area (Å²) in [6.45, 7) is 7.49. The summed E-state index contributed by atoms with van der Waals surface area (Å²) in [5.41, 5.74) is 1.23. The van der Waals surface area contributed by atoms with Crippen LogP contribution >= 0.6 is 0 Å². The van der Waals surface area contributed by atoms with Crippen LogP contribution in [0.25, 0.3) is 0 Å². The van der Waals surface area contributed by atoms with Crippen LogP contribution in [0.3, 0.4) is 0 Å². The summed E-state index contributed by atoms with van der Waals surface area (Å²) in [7, 11) is 0. The zero-order valence-corrected chi connectivity index (χ0v) is 10.4. The number of ether oxygens (including phenoxy) is 1. The Morgan fingerprint density at radius 1 is 1.38 bits per heavy atom. The van der Waals surface area contributed by atoms with Crippen molar-refractivity contribution in [3.8, 4) is 0 Å². The van der Waals surface area contributed by atoms with Crippen molar-refractivity contribution in [3.63, 3.8) is 0 Å². The molecule has 0 aliphatic carbocycles. The molecule has 1 aliphatic heterocycles. The van der Waals surface area contributed by atoms with Crippen LogP contribution in [0.1, 0.15) is 38.9 Å². The maximum absolute atomic E-state index is 6.26. The van der Waals surface area contributed by atoms with E-state index in [1.54, 1.807) is 0 Å². The molecule has 2 nitrogen and oxygen atoms in total. The van der Waals surface area contributed by atoms with E-state index in [9.17, 15) is 0 Å². The molecule has 0 saturated carbocycles. The first-order valence-corrected chi connectivity index (χ1v) is 6.11. The molecule has 88 valence electrons. The summed E-state index contributed by atoms with van der Waals surface area (Å²) in [4.78, 5) is 0. The standard InChI is InChI=1S/C14H21NO/c1-4-14(3)10-15-11(2)13(16-14)12-8-6-5-7-9-12/h5-9,11,13,15H,4,10H2,1-3H3. The number of hydrogen-bond donors (Lipinski definition) is 1. The van der Waals surface area contributed by atoms with Crippen molar-refractivity contribution in [1.82, 2.24) is 5.32 Å². The van der Waals surface area contributed by atoms with Gasteiger partial charge in [-0.25, -0.2) is 0 Å². The van der Waals surface area contributed by atoms with Gasteiger partial charge in [-0.15, -0.1) is 0 Å². The SMILES string of the molecule is CCC1(C)CNC(C)C(c2ccccc2)O1. The first kappa shape index (κ1) is 11.6. The maximum atomic E-state index is 6.26. The Bertz CT molecular complexity index is 338. The molecular weight excluding hydrogens is 198 g/mol. The van der Waals surface area contributed by atoms with E-state index in [1.165, 1.54) is 5.56 Å². The van der Waals surface area contributed by atoms with Gasteiger partial charge in [0.25, 0.3) is 0 Å². The zero-order chi connectivity index (χ0) is 11.6. The summed E-state index contributed by atoms with van der Waals surface area (Å²) in [6, 6.07) is 10.9. The smallest absolute Gasteiger partial charge is 0.0983 e. The number of nitrogens with one attached hydrogen (secondary N) is 1. The summed E-state index contributed by atoms with van der Waals surface area (Å²) >= 11 is 0. The molecule has 0 radical (unpaired) electrons. The van der Waals surface area contributed by atoms with Crippen LogP contribution in [0.15, 0.2) is 30.3 Å². The minimum absolute atomic E-state index is 0.0347. The van der Waals surface area contributed by atoms with E-state index in [1.807, 2.05) is 6.07 Å². The van der Waals surface area contributed by atoms with Crippen molar-refractivity contribution in [3.05, 3.63) is 35.9 Å². The lowest BCUT2D eigenvalue weighted by Crippen LogP contribution is -2.52. The molecule has 2 heteroatoms. The van der Waals surface area contributed by atoms with E-state index in [4.69, 9.17) is 4.74 Å². The normalized spacial score (nSPS) is 34.9. The van der Waals surface area contributed by atoms with Gasteiger partial charge in [0, 0.05) is 12.6 Å². The largest absolute Gasteiger partial charge is 0.364 e. The first-order valence-electron chi connectivity index (χ1n) is 6.11. The molecule has 0 bridgehead atoms. The third-order valence-electron chi connectivity index (χ3n) is 3.54. The third kappa shape index (κ3) is 2.28. The maximum Gasteiger partial charge on any atom is 0.0983 e. The van der Waals surface area contributed by atoms with Gasteiger partial charge in [0.2, 0.25) is 0 Å². The van der Waals surface area contributed by atoms with Crippen molar-refractivity contribution in [2.24, 2.45) is 0 Å². The molecular formula is C14H21NO. The van der Waals surface area contributed by atoms with E-state index >= 15 is 0 Å². The van der Waals surface area contributed by atoms with Gasteiger partial charge >= 0.3 is 0 Å². The van der Waals surface area contributed by atoms with Crippen molar-refractivity contribution in [2.75, 3.05) is 6.54 Å². The van der Waals surface area contributed by atoms with E-state index in [0.29, 0.717) is 6.04 Å². The highest BCUT2D eigenvalue weighted by atomic mass is 16.5. The molecule has 0 spiro atoms. The number of morpholine rings is 1. The summed E-state index contributed by atoms with van der Waals surface area (Å²) in [6.07, 6.45) is 1.20. The lowest BCUT2D eigenvalue weighted by molar-refractivity contribution is -0.126. The van der Waals surface area contributed by atoms with Crippen LogP contribution < -0.4 is 5.32 Å². The summed E-state index contributed by atoms with van der Waals surface area (Å²) < 4.78 is 6.26. The first-order chi connectivity index (χ1) is 7.64. The van der Waals surface area contributed by atoms with Crippen molar-refractivity contribution < 1.29 is 4.74 Å². The van der Waals surface area contributed by atoms with Gasteiger partial charge in [-0.2, -0.15) is 0 Å². The van der Waals surface area contributed by atoms with E-state index < -0.39 is 0 Å². The molecule has 1 N–H and O–H groups in total. The Balaban J connectivity index is 2.19. The van der Waals surface area contributed by atoms with E-state index in [2.05, 4.69) is 50.4 Å². The monoisotopic (exact) mass is 219 g/mol. The highest BCUT2D eigenvalue weighted by Crippen LogP contribution is 2.32. The van der Waals surface area contributed by atoms with Crippen LogP contribution in [0.5, 0.6) is 0 Å². The van der Waals surface area contributed by atoms with Gasteiger partial charge in [0.05, 0.1) is 11.7 Å². The second-order valence-corrected chi connectivity index (χ2v) is 4.92. The minimum atomic E-state index is -0.0347. The van der Waals surface area contributed by atoms with Crippen LogP contribution in [0.2, 0.25) is 0 Å². The molecule has 0 amide bonds. The molecule has 1 fully saturated rings. The van der Waals surface area contributed by atoms with Gasteiger partial charge in [0.1, 0.15) is 0 Å². The fraction of sp³-hybridized carbons (Fsp3) is 0.571. The topological polar surface area (TPSA) is 21.3 Å². The molecule has 3 unspecified atom stereocenters. The average molecular weight is 219 g/mol. The third-order valence-corrected chi connectivity index (χ3v) is 3.54. The second-order valence-electron chi connectivity index (χ2n) is 4.92. The number of rotatable bonds is 2. The Morgan fingerprint density at radius 3 is 2.69 bits per heavy atom. The molecule has 1 aliphatic rings. The molecule has 1 aromatic carbocycles. The predicted octanol–water partition coefficient (Wildman–Crippen LogP) is 2.90. The van der Waals surface area contributed by atoms with Crippen LogP contribution in [-0.2, 0) is 4.74 Å². The fourth-order valence-electron chi connectivity index (χ4n) is 2.14. The molecule has 0 aromatic heterocycles. The Labute approximate surface area is 98.0 Å². The number of hydrogen-bond acceptors (Lipinski definition) is 2. The van der Waals surface area contributed by atoms with Crippen molar-refractivity contribution in [2.45, 2.75) is 44.9 Å². The molecule has 1 heterocycles. The number of benzene rings is 1. The highest BCUT2D eigenvalue weighted by Gasteiger charge is 2.35. The zero-order valence-electron chi connectivity index (χ0n) is 10.4. The van der Waals surface area contributed by atoms with Gasteiger partial charge < -0.3 is 10.1 Å². The highest BCUT2D eigenvalue weighted by molar-refractivity contribution is 5.20. The van der Waals surface area contributed by atoms with Gasteiger partial charge in [-0.1, -0.05) is 37.3 Å². The molecule has 1 saturated heterocycles. The van der Waals surface area contributed by atoms with Crippen molar-refractivity contribution in [1.29, 1.82) is 0 Å². The van der Waals surface area contributed by atoms with Gasteiger partial charge in [0.15, 0.2) is 0 Å². The lowest BCUT2D eigenvalue weighted by Gasteiger charge is -2.42. The van der Waals surface area contributed by atoms with Crippen LogP contribution in [-0.4, -0.2) is 18.2 Å². The Kier molecular flexibility index (Phi) is 3.31. The Hall–Kier alpha value is -0.860. The van der Waals surface area contributed by atoms with Crippen molar-refractivity contribution >= 4 is 0 Å².